The summed E-state index contributed by atoms with van der Waals surface area (Å²) < 4.78 is 0.299. The van der Waals surface area contributed by atoms with E-state index in [1.807, 2.05) is 0 Å². The molecule has 0 aliphatic rings. The molecular formula is C10H7BrN6O. The molecule has 0 saturated carbocycles. The van der Waals surface area contributed by atoms with Crippen molar-refractivity contribution in [3.63, 3.8) is 0 Å². The molecule has 0 aliphatic carbocycles. The van der Waals surface area contributed by atoms with Crippen LogP contribution < -0.4 is 11.3 Å². The molecule has 90 valence electrons. The number of aromatic amines is 1. The normalized spacial score (nSPS) is 9.83. The average molecular weight is 307 g/mol. The number of anilines is 1. The molecule has 0 fully saturated rings. The number of azide groups is 1. The van der Waals surface area contributed by atoms with Gasteiger partial charge < -0.3 is 5.73 Å². The maximum Gasteiger partial charge on any atom is 0.267 e. The molecule has 1 aromatic carbocycles. The van der Waals surface area contributed by atoms with Crippen LogP contribution in [0.4, 0.5) is 11.6 Å². The van der Waals surface area contributed by atoms with Crippen molar-refractivity contribution in [3.05, 3.63) is 49.5 Å². The van der Waals surface area contributed by atoms with E-state index in [1.165, 1.54) is 0 Å². The molecule has 3 N–H and O–H groups in total. The van der Waals surface area contributed by atoms with Crippen LogP contribution in [0.25, 0.3) is 21.7 Å². The number of rotatable bonds is 2. The molecule has 0 saturated heterocycles. The summed E-state index contributed by atoms with van der Waals surface area (Å²) >= 11 is 3.16. The van der Waals surface area contributed by atoms with Crippen molar-refractivity contribution in [1.82, 2.24) is 9.97 Å². The maximum atomic E-state index is 11.5. The third-order valence-electron chi connectivity index (χ3n) is 2.18. The third kappa shape index (κ3) is 2.34. The molecule has 2 rings (SSSR count). The fourth-order valence-corrected chi connectivity index (χ4v) is 1.82. The summed E-state index contributed by atoms with van der Waals surface area (Å²) in [5.41, 5.74) is 15.0. The first-order valence-corrected chi connectivity index (χ1v) is 5.62. The first kappa shape index (κ1) is 12.2. The largest absolute Gasteiger partial charge is 0.369 e. The SMILES string of the molecule is [N-]=[N+]=Nc1ccc(-c2nc(N)[nH]c(=O)c2Br)cc1. The third-order valence-corrected chi connectivity index (χ3v) is 2.92. The molecule has 1 heterocycles. The van der Waals surface area contributed by atoms with Gasteiger partial charge in [-0.3, -0.25) is 9.78 Å². The number of nitrogens with zero attached hydrogens (tertiary/aromatic N) is 4. The molecule has 0 aliphatic heterocycles. The van der Waals surface area contributed by atoms with E-state index in [0.29, 0.717) is 21.4 Å². The fraction of sp³-hybridized carbons (Fsp3) is 0. The Bertz CT molecular complexity index is 687. The van der Waals surface area contributed by atoms with E-state index in [1.54, 1.807) is 24.3 Å². The van der Waals surface area contributed by atoms with E-state index in [2.05, 4.69) is 35.9 Å². The standard InChI is InChI=1S/C10H7BrN6O/c11-7-8(14-10(12)15-9(7)18)5-1-3-6(4-2-5)16-17-13/h1-4H,(H3,12,14,15,18). The van der Waals surface area contributed by atoms with Crippen LogP contribution in [-0.2, 0) is 0 Å². The minimum atomic E-state index is -0.350. The highest BCUT2D eigenvalue weighted by atomic mass is 79.9. The lowest BCUT2D eigenvalue weighted by Crippen LogP contribution is -2.13. The fourth-order valence-electron chi connectivity index (χ4n) is 1.41. The Morgan fingerprint density at radius 1 is 1.39 bits per heavy atom. The summed E-state index contributed by atoms with van der Waals surface area (Å²) in [6, 6.07) is 6.63. The van der Waals surface area contributed by atoms with Gasteiger partial charge in [-0.1, -0.05) is 29.4 Å². The van der Waals surface area contributed by atoms with Gasteiger partial charge in [0.1, 0.15) is 4.47 Å². The Kier molecular flexibility index (Phi) is 3.31. The van der Waals surface area contributed by atoms with E-state index in [4.69, 9.17) is 11.3 Å². The maximum absolute atomic E-state index is 11.5. The van der Waals surface area contributed by atoms with Gasteiger partial charge in [0.15, 0.2) is 0 Å². The summed E-state index contributed by atoms with van der Waals surface area (Å²) in [5.74, 6) is 0.0392. The topological polar surface area (TPSA) is 121 Å². The van der Waals surface area contributed by atoms with Gasteiger partial charge in [0, 0.05) is 16.2 Å². The van der Waals surface area contributed by atoms with Crippen LogP contribution >= 0.6 is 15.9 Å². The zero-order valence-electron chi connectivity index (χ0n) is 8.96. The van der Waals surface area contributed by atoms with Crippen molar-refractivity contribution in [2.75, 3.05) is 5.73 Å². The van der Waals surface area contributed by atoms with Gasteiger partial charge in [-0.15, -0.1) is 0 Å². The molecule has 0 radical (unpaired) electrons. The average Bonchev–Trinajstić information content (AvgIpc) is 2.35. The number of aromatic nitrogens is 2. The summed E-state index contributed by atoms with van der Waals surface area (Å²) in [6.45, 7) is 0. The number of nitrogen functional groups attached to an aromatic ring is 1. The van der Waals surface area contributed by atoms with Gasteiger partial charge in [-0.2, -0.15) is 0 Å². The van der Waals surface area contributed by atoms with Gasteiger partial charge in [-0.05, 0) is 21.5 Å². The Balaban J connectivity index is 2.55. The van der Waals surface area contributed by atoms with Crippen molar-refractivity contribution in [2.24, 2.45) is 5.11 Å². The number of nitrogens with two attached hydrogens (primary N) is 1. The lowest BCUT2D eigenvalue weighted by atomic mass is 10.1. The van der Waals surface area contributed by atoms with E-state index in [9.17, 15) is 4.79 Å². The number of benzene rings is 1. The number of halogens is 1. The Hall–Kier alpha value is -2.31. The van der Waals surface area contributed by atoms with Crippen LogP contribution in [-0.4, -0.2) is 9.97 Å². The van der Waals surface area contributed by atoms with Gasteiger partial charge in [0.2, 0.25) is 5.95 Å². The quantitative estimate of drug-likeness (QED) is 0.504. The number of H-pyrrole nitrogens is 1. The smallest absolute Gasteiger partial charge is 0.267 e. The van der Waals surface area contributed by atoms with Crippen molar-refractivity contribution < 1.29 is 0 Å². The zero-order chi connectivity index (χ0) is 13.1. The zero-order valence-corrected chi connectivity index (χ0v) is 10.5. The predicted octanol–water partition coefficient (Wildman–Crippen LogP) is 2.72. The van der Waals surface area contributed by atoms with Gasteiger partial charge in [-0.25, -0.2) is 4.98 Å². The van der Waals surface area contributed by atoms with Crippen LogP contribution in [0, 0.1) is 0 Å². The lowest BCUT2D eigenvalue weighted by Gasteiger charge is -2.04. The second-order valence-corrected chi connectivity index (χ2v) is 4.14. The number of hydrogen-bond donors (Lipinski definition) is 2. The first-order chi connectivity index (χ1) is 8.61. The molecule has 0 spiro atoms. The Labute approximate surface area is 109 Å². The summed E-state index contributed by atoms with van der Waals surface area (Å²) in [5, 5.41) is 3.45. The highest BCUT2D eigenvalue weighted by Gasteiger charge is 2.09. The summed E-state index contributed by atoms with van der Waals surface area (Å²) in [6.07, 6.45) is 0. The van der Waals surface area contributed by atoms with Gasteiger partial charge in [0.25, 0.3) is 5.56 Å². The van der Waals surface area contributed by atoms with Gasteiger partial charge >= 0.3 is 0 Å². The monoisotopic (exact) mass is 306 g/mol. The Morgan fingerprint density at radius 2 is 2.06 bits per heavy atom. The lowest BCUT2D eigenvalue weighted by molar-refractivity contribution is 1.12. The number of hydrogen-bond acceptors (Lipinski definition) is 4. The molecule has 0 unspecified atom stereocenters. The van der Waals surface area contributed by atoms with Crippen LogP contribution in [0.2, 0.25) is 0 Å². The summed E-state index contributed by atoms with van der Waals surface area (Å²) in [4.78, 5) is 20.6. The minimum absolute atomic E-state index is 0.0392. The van der Waals surface area contributed by atoms with Crippen molar-refractivity contribution in [1.29, 1.82) is 0 Å². The molecule has 18 heavy (non-hydrogen) atoms. The molecule has 2 aromatic rings. The van der Waals surface area contributed by atoms with Crippen LogP contribution in [0.3, 0.4) is 0 Å². The molecule has 0 bridgehead atoms. The van der Waals surface area contributed by atoms with Crippen LogP contribution in [0.1, 0.15) is 0 Å². The molecule has 0 atom stereocenters. The number of nitrogens with one attached hydrogen (secondary N) is 1. The highest BCUT2D eigenvalue weighted by molar-refractivity contribution is 9.10. The van der Waals surface area contributed by atoms with Crippen molar-refractivity contribution in [3.8, 4) is 11.3 Å². The van der Waals surface area contributed by atoms with E-state index < -0.39 is 0 Å². The first-order valence-electron chi connectivity index (χ1n) is 4.82. The minimum Gasteiger partial charge on any atom is -0.369 e. The van der Waals surface area contributed by atoms with E-state index >= 15 is 0 Å². The van der Waals surface area contributed by atoms with E-state index in [0.717, 1.165) is 0 Å². The second kappa shape index (κ2) is 4.91. The van der Waals surface area contributed by atoms with Crippen molar-refractivity contribution in [2.45, 2.75) is 0 Å². The second-order valence-electron chi connectivity index (χ2n) is 3.35. The molecule has 1 aromatic heterocycles. The van der Waals surface area contributed by atoms with E-state index in [-0.39, 0.29) is 11.5 Å². The molecule has 7 nitrogen and oxygen atoms in total. The Morgan fingerprint density at radius 3 is 2.67 bits per heavy atom. The van der Waals surface area contributed by atoms with Crippen molar-refractivity contribution >= 4 is 27.6 Å². The predicted molar refractivity (Wildman–Crippen MR) is 71.2 cm³/mol. The van der Waals surface area contributed by atoms with Crippen LogP contribution in [0.5, 0.6) is 0 Å². The van der Waals surface area contributed by atoms with Gasteiger partial charge in [0.05, 0.1) is 5.69 Å². The highest BCUT2D eigenvalue weighted by Crippen LogP contribution is 2.25. The summed E-state index contributed by atoms with van der Waals surface area (Å²) in [7, 11) is 0. The molecule has 0 amide bonds. The molecular weight excluding hydrogens is 300 g/mol. The molecule has 8 heteroatoms. The van der Waals surface area contributed by atoms with Crippen LogP contribution in [0.15, 0.2) is 38.6 Å².